The van der Waals surface area contributed by atoms with Crippen LogP contribution in [0.15, 0.2) is 72.9 Å². The lowest BCUT2D eigenvalue weighted by Crippen LogP contribution is -2.30. The summed E-state index contributed by atoms with van der Waals surface area (Å²) in [6, 6.07) is 0. The Morgan fingerprint density at radius 3 is 1.77 bits per heavy atom. The molecule has 62 heavy (non-hydrogen) atoms. The summed E-state index contributed by atoms with van der Waals surface area (Å²) >= 11 is 0. The van der Waals surface area contributed by atoms with Crippen LogP contribution in [-0.4, -0.2) is 92.8 Å². The summed E-state index contributed by atoms with van der Waals surface area (Å²) in [5, 5.41) is 29.7. The van der Waals surface area contributed by atoms with Gasteiger partial charge in [-0.25, -0.2) is 9.13 Å². The lowest BCUT2D eigenvalue weighted by atomic mass is 10.0. The number of aliphatic hydroxyl groups is 3. The third kappa shape index (κ3) is 42.8. The first-order chi connectivity index (χ1) is 29.5. The first kappa shape index (κ1) is 59.5. The number of carbonyl (C=O) groups excluding carboxylic acids is 2. The number of phosphoric ester groups is 2. The summed E-state index contributed by atoms with van der Waals surface area (Å²) in [5.74, 6) is -0.452. The molecular weight excluding hydrogens is 842 g/mol. The van der Waals surface area contributed by atoms with Gasteiger partial charge in [-0.05, 0) is 44.4 Å². The molecule has 6 N–H and O–H groups in total. The molecule has 0 aliphatic carbocycles. The van der Waals surface area contributed by atoms with Crippen molar-refractivity contribution in [3.05, 3.63) is 72.9 Å². The van der Waals surface area contributed by atoms with Crippen LogP contribution in [0.5, 0.6) is 0 Å². The Labute approximate surface area is 370 Å². The molecule has 17 heteroatoms. The van der Waals surface area contributed by atoms with Crippen molar-refractivity contribution in [2.45, 2.75) is 167 Å². The van der Waals surface area contributed by atoms with Crippen molar-refractivity contribution in [2.24, 2.45) is 5.92 Å². The minimum atomic E-state index is -4.89. The third-order valence-corrected chi connectivity index (χ3v) is 10.4. The lowest BCUT2D eigenvalue weighted by Gasteiger charge is -2.20. The van der Waals surface area contributed by atoms with Crippen molar-refractivity contribution in [2.75, 3.05) is 26.4 Å². The Morgan fingerprint density at radius 1 is 0.597 bits per heavy atom. The van der Waals surface area contributed by atoms with Crippen molar-refractivity contribution in [1.82, 2.24) is 0 Å². The van der Waals surface area contributed by atoms with E-state index >= 15 is 0 Å². The van der Waals surface area contributed by atoms with Crippen LogP contribution >= 0.6 is 15.6 Å². The van der Waals surface area contributed by atoms with Crippen LogP contribution in [-0.2, 0) is 41.8 Å². The van der Waals surface area contributed by atoms with E-state index in [1.807, 2.05) is 49.5 Å². The number of hydrogen-bond acceptors (Lipinski definition) is 12. The van der Waals surface area contributed by atoms with Crippen LogP contribution in [0.2, 0.25) is 0 Å². The predicted molar refractivity (Wildman–Crippen MR) is 242 cm³/mol. The molecule has 0 saturated carbocycles. The van der Waals surface area contributed by atoms with E-state index in [0.29, 0.717) is 32.1 Å². The van der Waals surface area contributed by atoms with Crippen LogP contribution < -0.4 is 0 Å². The van der Waals surface area contributed by atoms with Crippen LogP contribution in [0, 0.1) is 5.92 Å². The largest absolute Gasteiger partial charge is 0.472 e. The van der Waals surface area contributed by atoms with E-state index in [4.69, 9.17) is 23.8 Å². The Morgan fingerprint density at radius 2 is 1.16 bits per heavy atom. The molecule has 0 amide bonds. The van der Waals surface area contributed by atoms with Gasteiger partial charge in [0.05, 0.1) is 32.0 Å². The highest BCUT2D eigenvalue weighted by molar-refractivity contribution is 7.47. The number of phosphoric acid groups is 2. The van der Waals surface area contributed by atoms with Crippen molar-refractivity contribution >= 4 is 27.6 Å². The molecule has 0 aliphatic rings. The summed E-state index contributed by atoms with van der Waals surface area (Å²) in [7, 11) is -9.74. The van der Waals surface area contributed by atoms with Crippen LogP contribution in [0.4, 0.5) is 0 Å². The molecule has 0 rings (SSSR count). The summed E-state index contributed by atoms with van der Waals surface area (Å²) in [4.78, 5) is 52.7. The van der Waals surface area contributed by atoms with Crippen molar-refractivity contribution in [1.29, 1.82) is 0 Å². The van der Waals surface area contributed by atoms with Crippen molar-refractivity contribution < 1.29 is 71.8 Å². The molecule has 0 saturated heterocycles. The maximum Gasteiger partial charge on any atom is 0.472 e. The van der Waals surface area contributed by atoms with E-state index in [0.717, 1.165) is 38.0 Å². The molecule has 0 bridgehead atoms. The molecular formula is C45H78O15P2. The Bertz CT molecular complexity index is 1420. The molecule has 1 unspecified atom stereocenters. The summed E-state index contributed by atoms with van der Waals surface area (Å²) in [6.07, 6.45) is 34.1. The molecule has 0 radical (unpaired) electrons. The molecule has 0 aliphatic heterocycles. The van der Waals surface area contributed by atoms with Gasteiger partial charge in [-0.3, -0.25) is 23.2 Å². The van der Waals surface area contributed by atoms with Gasteiger partial charge < -0.3 is 39.5 Å². The predicted octanol–water partition coefficient (Wildman–Crippen LogP) is 9.19. The van der Waals surface area contributed by atoms with E-state index in [1.165, 1.54) is 44.9 Å². The minimum absolute atomic E-state index is 0.00653. The fourth-order valence-corrected chi connectivity index (χ4v) is 6.72. The molecule has 0 aromatic rings. The highest BCUT2D eigenvalue weighted by Crippen LogP contribution is 2.43. The highest BCUT2D eigenvalue weighted by atomic mass is 31.2. The summed E-state index contributed by atoms with van der Waals surface area (Å²) in [5.41, 5.74) is 0. The Balaban J connectivity index is 4.74. The molecule has 0 fully saturated rings. The fraction of sp³-hybridized carbons (Fsp3) is 0.689. The smallest absolute Gasteiger partial charge is 0.462 e. The molecule has 0 aromatic carbocycles. The van der Waals surface area contributed by atoms with Crippen LogP contribution in [0.3, 0.4) is 0 Å². The van der Waals surface area contributed by atoms with Crippen LogP contribution in [0.25, 0.3) is 0 Å². The molecule has 358 valence electrons. The van der Waals surface area contributed by atoms with Gasteiger partial charge in [0.1, 0.15) is 12.7 Å². The van der Waals surface area contributed by atoms with Crippen molar-refractivity contribution in [3.63, 3.8) is 0 Å². The van der Waals surface area contributed by atoms with E-state index in [2.05, 4.69) is 22.9 Å². The second-order valence-corrected chi connectivity index (χ2v) is 18.2. The first-order valence-electron chi connectivity index (χ1n) is 22.2. The first-order valence-corrected chi connectivity index (χ1v) is 25.2. The van der Waals surface area contributed by atoms with Crippen molar-refractivity contribution in [3.8, 4) is 0 Å². The van der Waals surface area contributed by atoms with E-state index in [1.54, 1.807) is 30.4 Å². The van der Waals surface area contributed by atoms with E-state index in [9.17, 15) is 38.9 Å². The zero-order valence-corrected chi connectivity index (χ0v) is 39.1. The third-order valence-electron chi connectivity index (χ3n) is 8.95. The second kappa shape index (κ2) is 38.9. The second-order valence-electron chi connectivity index (χ2n) is 15.5. The number of rotatable bonds is 40. The van der Waals surface area contributed by atoms with Gasteiger partial charge >= 0.3 is 27.6 Å². The van der Waals surface area contributed by atoms with E-state index in [-0.39, 0.29) is 12.8 Å². The topological polar surface area (TPSA) is 236 Å². The lowest BCUT2D eigenvalue weighted by molar-refractivity contribution is -0.161. The van der Waals surface area contributed by atoms with Crippen LogP contribution in [0.1, 0.15) is 143 Å². The molecule has 0 aromatic heterocycles. The maximum atomic E-state index is 12.7. The number of ether oxygens (including phenoxy) is 2. The quantitative estimate of drug-likeness (QED) is 0.0110. The SMILES string of the molecule is CC/C=C\C[C@@H](O)/C=C/C=C\C/C=C\C=C\[C@@H](O)/C=C\CCCC(=O)OC[C@H](COP(=O)(O)OC[C@@H](O)COP(=O)(O)O)OC(=O)CCCCCCCCCCCCCC(C)C. The van der Waals surface area contributed by atoms with E-state index < -0.39 is 78.4 Å². The number of allylic oxidation sites excluding steroid dienone is 8. The van der Waals surface area contributed by atoms with Gasteiger partial charge in [0.25, 0.3) is 0 Å². The standard InChI is InChI=1S/C45H78O15P2/c1-4-5-21-29-40(46)30-23-17-13-11-14-18-24-31-41(47)32-25-20-27-33-44(49)56-37-43(38-59-62(54,55)58-36-42(48)35-57-61(51,52)53)60-45(50)34-26-19-15-10-8-6-7-9-12-16-22-28-39(2)3/h5,13-14,17-18,21,23-25,30-32,39-43,46-48H,4,6-12,15-16,19-20,22,26-29,33-38H2,1-3H3,(H,54,55)(H2,51,52,53)/b17-13-,18-14-,21-5-,30-23+,31-24+,32-25-/t40-,41-,42+,43-/m1/s1. The molecule has 0 spiro atoms. The number of unbranched alkanes of at least 4 members (excludes halogenated alkanes) is 11. The highest BCUT2D eigenvalue weighted by Gasteiger charge is 2.28. The van der Waals surface area contributed by atoms with Gasteiger partial charge in [0.15, 0.2) is 6.10 Å². The number of esters is 2. The zero-order valence-electron chi connectivity index (χ0n) is 37.3. The summed E-state index contributed by atoms with van der Waals surface area (Å²) < 4.78 is 47.6. The molecule has 15 nitrogen and oxygen atoms in total. The Kier molecular flexibility index (Phi) is 37.3. The molecule has 0 heterocycles. The monoisotopic (exact) mass is 920 g/mol. The number of hydrogen-bond donors (Lipinski definition) is 6. The minimum Gasteiger partial charge on any atom is -0.462 e. The average molecular weight is 921 g/mol. The Hall–Kier alpha value is -2.52. The number of carbonyl (C=O) groups is 2. The zero-order chi connectivity index (χ0) is 46.3. The summed E-state index contributed by atoms with van der Waals surface area (Å²) in [6.45, 7) is 3.64. The van der Waals surface area contributed by atoms with Gasteiger partial charge in [-0.15, -0.1) is 0 Å². The maximum absolute atomic E-state index is 12.7. The molecule has 5 atom stereocenters. The fourth-order valence-electron chi connectivity index (χ4n) is 5.57. The average Bonchev–Trinajstić information content (AvgIpc) is 3.21. The van der Waals surface area contributed by atoms with Gasteiger partial charge in [-0.1, -0.05) is 164 Å². The normalized spacial score (nSPS) is 15.8. The number of aliphatic hydroxyl groups excluding tert-OH is 3. The van der Waals surface area contributed by atoms with Gasteiger partial charge in [-0.2, -0.15) is 0 Å². The van der Waals surface area contributed by atoms with Gasteiger partial charge in [0.2, 0.25) is 0 Å². The van der Waals surface area contributed by atoms with Gasteiger partial charge in [0, 0.05) is 12.8 Å².